The molecule has 1 nitrogen and oxygen atoms in total. The van der Waals surface area contributed by atoms with Gasteiger partial charge in [0.05, 0.1) is 7.11 Å². The Kier molecular flexibility index (Phi) is 4.30. The lowest BCUT2D eigenvalue weighted by molar-refractivity contribution is 0.415. The SMILES string of the molecule is COc1ccc(C2=C(F)[CH]CC=C2c2ccc(Cl)cc2)cc1. The highest BCUT2D eigenvalue weighted by Gasteiger charge is 2.19. The van der Waals surface area contributed by atoms with Crippen LogP contribution in [0.1, 0.15) is 17.5 Å². The topological polar surface area (TPSA) is 9.23 Å². The van der Waals surface area contributed by atoms with Crippen molar-refractivity contribution in [1.82, 2.24) is 0 Å². The summed E-state index contributed by atoms with van der Waals surface area (Å²) >= 11 is 5.94. The van der Waals surface area contributed by atoms with E-state index in [1.807, 2.05) is 54.6 Å². The number of methoxy groups -OCH3 is 1. The van der Waals surface area contributed by atoms with E-state index in [-0.39, 0.29) is 5.83 Å². The van der Waals surface area contributed by atoms with Crippen LogP contribution in [0.25, 0.3) is 11.1 Å². The summed E-state index contributed by atoms with van der Waals surface area (Å²) in [6.45, 7) is 0. The Hall–Kier alpha value is -2.06. The van der Waals surface area contributed by atoms with Gasteiger partial charge in [-0.15, -0.1) is 0 Å². The Morgan fingerprint density at radius 1 is 0.955 bits per heavy atom. The van der Waals surface area contributed by atoms with E-state index >= 15 is 0 Å². The first kappa shape index (κ1) is 14.9. The van der Waals surface area contributed by atoms with E-state index in [2.05, 4.69) is 0 Å². The molecular weight excluding hydrogens is 299 g/mol. The Labute approximate surface area is 134 Å². The lowest BCUT2D eigenvalue weighted by Crippen LogP contribution is -1.99. The van der Waals surface area contributed by atoms with Crippen LogP contribution in [-0.2, 0) is 0 Å². The van der Waals surface area contributed by atoms with Gasteiger partial charge in [-0.25, -0.2) is 4.39 Å². The number of rotatable bonds is 3. The van der Waals surface area contributed by atoms with Gasteiger partial charge in [0, 0.05) is 17.0 Å². The Bertz CT molecular complexity index is 727. The molecule has 0 N–H and O–H groups in total. The number of benzene rings is 2. The van der Waals surface area contributed by atoms with E-state index in [0.717, 1.165) is 22.4 Å². The van der Waals surface area contributed by atoms with Crippen LogP contribution in [0.2, 0.25) is 5.02 Å². The van der Waals surface area contributed by atoms with Gasteiger partial charge < -0.3 is 4.74 Å². The maximum Gasteiger partial charge on any atom is 0.118 e. The molecule has 1 radical (unpaired) electrons. The highest BCUT2D eigenvalue weighted by atomic mass is 35.5. The summed E-state index contributed by atoms with van der Waals surface area (Å²) in [6, 6.07) is 14.9. The van der Waals surface area contributed by atoms with Crippen LogP contribution in [0.4, 0.5) is 4.39 Å². The zero-order chi connectivity index (χ0) is 15.5. The summed E-state index contributed by atoms with van der Waals surface area (Å²) in [5, 5.41) is 0.669. The molecule has 0 bridgehead atoms. The molecular formula is C19H15ClFO. The molecule has 0 aliphatic heterocycles. The van der Waals surface area contributed by atoms with E-state index in [4.69, 9.17) is 16.3 Å². The molecule has 1 aliphatic carbocycles. The second kappa shape index (κ2) is 6.37. The second-order valence-corrected chi connectivity index (χ2v) is 5.45. The normalized spacial score (nSPS) is 14.8. The monoisotopic (exact) mass is 313 g/mol. The van der Waals surface area contributed by atoms with E-state index in [9.17, 15) is 4.39 Å². The standard InChI is InChI=1S/C19H15ClFO/c1-22-16-11-7-14(8-12-16)19-17(3-2-4-18(19)21)13-5-9-15(20)10-6-13/h3-12H,2H2,1H3. The van der Waals surface area contributed by atoms with Gasteiger partial charge in [-0.3, -0.25) is 0 Å². The number of hydrogen-bond acceptors (Lipinski definition) is 1. The van der Waals surface area contributed by atoms with Gasteiger partial charge in [0.25, 0.3) is 0 Å². The molecule has 0 saturated carbocycles. The summed E-state index contributed by atoms with van der Waals surface area (Å²) in [4.78, 5) is 0. The van der Waals surface area contributed by atoms with E-state index < -0.39 is 0 Å². The average molecular weight is 314 g/mol. The average Bonchev–Trinajstić information content (AvgIpc) is 2.55. The molecule has 0 spiro atoms. The molecule has 0 saturated heterocycles. The summed E-state index contributed by atoms with van der Waals surface area (Å²) in [5.41, 5.74) is 3.28. The minimum Gasteiger partial charge on any atom is -0.497 e. The van der Waals surface area contributed by atoms with Crippen LogP contribution in [0, 0.1) is 6.42 Å². The fourth-order valence-corrected chi connectivity index (χ4v) is 2.68. The van der Waals surface area contributed by atoms with Crippen LogP contribution in [-0.4, -0.2) is 7.11 Å². The van der Waals surface area contributed by atoms with Crippen LogP contribution in [0.15, 0.2) is 60.4 Å². The number of ether oxygens (including phenoxy) is 1. The molecule has 0 atom stereocenters. The van der Waals surface area contributed by atoms with Crippen LogP contribution >= 0.6 is 11.6 Å². The maximum absolute atomic E-state index is 14.5. The first-order chi connectivity index (χ1) is 10.7. The zero-order valence-electron chi connectivity index (χ0n) is 12.1. The van der Waals surface area contributed by atoms with Crippen molar-refractivity contribution in [2.45, 2.75) is 6.42 Å². The molecule has 0 aromatic heterocycles. The van der Waals surface area contributed by atoms with Crippen LogP contribution < -0.4 is 4.74 Å². The van der Waals surface area contributed by atoms with Gasteiger partial charge in [0.1, 0.15) is 11.6 Å². The smallest absolute Gasteiger partial charge is 0.118 e. The maximum atomic E-state index is 14.5. The number of halogens is 2. The van der Waals surface area contributed by atoms with Gasteiger partial charge in [0.2, 0.25) is 0 Å². The van der Waals surface area contributed by atoms with Crippen molar-refractivity contribution in [2.75, 3.05) is 7.11 Å². The summed E-state index contributed by atoms with van der Waals surface area (Å²) in [7, 11) is 1.61. The minimum atomic E-state index is -0.197. The van der Waals surface area contributed by atoms with E-state index in [1.54, 1.807) is 13.5 Å². The molecule has 0 amide bonds. The molecule has 2 aromatic carbocycles. The van der Waals surface area contributed by atoms with Crippen molar-refractivity contribution in [1.29, 1.82) is 0 Å². The van der Waals surface area contributed by atoms with Crippen molar-refractivity contribution in [3.63, 3.8) is 0 Å². The first-order valence-corrected chi connectivity index (χ1v) is 7.40. The fourth-order valence-electron chi connectivity index (χ4n) is 2.56. The first-order valence-electron chi connectivity index (χ1n) is 7.03. The van der Waals surface area contributed by atoms with Gasteiger partial charge >= 0.3 is 0 Å². The number of hydrogen-bond donors (Lipinski definition) is 0. The van der Waals surface area contributed by atoms with Gasteiger partial charge in [0.15, 0.2) is 0 Å². The largest absolute Gasteiger partial charge is 0.497 e. The molecule has 2 aromatic rings. The lowest BCUT2D eigenvalue weighted by atomic mass is 9.87. The van der Waals surface area contributed by atoms with Crippen LogP contribution in [0.3, 0.4) is 0 Å². The van der Waals surface area contributed by atoms with E-state index in [1.165, 1.54) is 0 Å². The summed E-state index contributed by atoms with van der Waals surface area (Å²) < 4.78 is 19.6. The van der Waals surface area contributed by atoms with Gasteiger partial charge in [-0.2, -0.15) is 0 Å². The Morgan fingerprint density at radius 3 is 2.23 bits per heavy atom. The van der Waals surface area contributed by atoms with Crippen LogP contribution in [0.5, 0.6) is 5.75 Å². The molecule has 111 valence electrons. The predicted molar refractivity (Wildman–Crippen MR) is 89.4 cm³/mol. The third-order valence-electron chi connectivity index (χ3n) is 3.66. The molecule has 3 heteroatoms. The molecule has 0 heterocycles. The van der Waals surface area contributed by atoms with Crippen molar-refractivity contribution in [3.8, 4) is 5.75 Å². The van der Waals surface area contributed by atoms with E-state index in [0.29, 0.717) is 17.0 Å². The predicted octanol–water partition coefficient (Wildman–Crippen LogP) is 5.72. The minimum absolute atomic E-state index is 0.197. The molecule has 1 aliphatic rings. The van der Waals surface area contributed by atoms with Crippen molar-refractivity contribution in [2.24, 2.45) is 0 Å². The second-order valence-electron chi connectivity index (χ2n) is 5.02. The quantitative estimate of drug-likeness (QED) is 0.704. The molecule has 0 fully saturated rings. The van der Waals surface area contributed by atoms with Gasteiger partial charge in [-0.05, 0) is 47.4 Å². The Balaban J connectivity index is 2.05. The molecule has 3 rings (SSSR count). The lowest BCUT2D eigenvalue weighted by Gasteiger charge is -2.19. The third kappa shape index (κ3) is 2.93. The summed E-state index contributed by atoms with van der Waals surface area (Å²) in [6.07, 6.45) is 4.22. The zero-order valence-corrected chi connectivity index (χ0v) is 12.9. The van der Waals surface area contributed by atoms with Crippen molar-refractivity contribution < 1.29 is 9.13 Å². The van der Waals surface area contributed by atoms with Crippen molar-refractivity contribution in [3.05, 3.63) is 83.0 Å². The third-order valence-corrected chi connectivity index (χ3v) is 3.91. The molecule has 22 heavy (non-hydrogen) atoms. The highest BCUT2D eigenvalue weighted by Crippen LogP contribution is 2.39. The van der Waals surface area contributed by atoms with Crippen molar-refractivity contribution >= 4 is 22.7 Å². The highest BCUT2D eigenvalue weighted by molar-refractivity contribution is 6.30. The van der Waals surface area contributed by atoms with Gasteiger partial charge in [-0.1, -0.05) is 41.9 Å². The molecule has 0 unspecified atom stereocenters. The Morgan fingerprint density at radius 2 is 1.59 bits per heavy atom. The number of allylic oxidation sites excluding steroid dienone is 4. The summed E-state index contributed by atoms with van der Waals surface area (Å²) in [5.74, 6) is 0.555. The fraction of sp³-hybridized carbons (Fsp3) is 0.105.